The number of hydrogen-bond donors (Lipinski definition) is 2. The molecule has 2 heterocycles. The Morgan fingerprint density at radius 3 is 2.51 bits per heavy atom. The van der Waals surface area contributed by atoms with Gasteiger partial charge in [0.1, 0.15) is 10.6 Å². The van der Waals surface area contributed by atoms with Crippen LogP contribution in [0.15, 0.2) is 30.3 Å². The number of rotatable bonds is 8. The molecule has 0 aliphatic carbocycles. The number of nitrogens with one attached hydrogen (secondary N) is 2. The molecule has 1 aromatic heterocycles. The third-order valence-corrected chi connectivity index (χ3v) is 8.23. The zero-order chi connectivity index (χ0) is 25.8. The van der Waals surface area contributed by atoms with Crippen molar-refractivity contribution in [3.8, 4) is 11.4 Å². The quantitative estimate of drug-likeness (QED) is 0.563. The molecule has 1 aliphatic rings. The fraction of sp³-hybridized carbons (Fsp3) is 0.542. The van der Waals surface area contributed by atoms with Gasteiger partial charge in [0.05, 0.1) is 24.9 Å². The van der Waals surface area contributed by atoms with Crippen molar-refractivity contribution in [2.24, 2.45) is 0 Å². The summed E-state index contributed by atoms with van der Waals surface area (Å²) in [5.74, 6) is 1.09. The average molecular weight is 505 g/mol. The monoisotopic (exact) mass is 504 g/mol. The van der Waals surface area contributed by atoms with Gasteiger partial charge in [0.25, 0.3) is 0 Å². The summed E-state index contributed by atoms with van der Waals surface area (Å²) < 4.78 is 29.5. The highest BCUT2D eigenvalue weighted by Crippen LogP contribution is 2.32. The number of carbonyl (C=O) groups is 1. The van der Waals surface area contributed by atoms with Gasteiger partial charge in [-0.2, -0.15) is 0 Å². The summed E-state index contributed by atoms with van der Waals surface area (Å²) in [6.07, 6.45) is 1.22. The summed E-state index contributed by atoms with van der Waals surface area (Å²) in [5, 5.41) is 5.61. The Morgan fingerprint density at radius 1 is 1.23 bits per heavy atom. The van der Waals surface area contributed by atoms with Gasteiger partial charge in [-0.05, 0) is 59.1 Å². The number of morpholine rings is 1. The maximum absolute atomic E-state index is 12.6. The van der Waals surface area contributed by atoms with Crippen LogP contribution in [-0.2, 0) is 19.3 Å². The number of anilines is 2. The molecule has 10 nitrogen and oxygen atoms in total. The lowest BCUT2D eigenvalue weighted by Crippen LogP contribution is -2.44. The summed E-state index contributed by atoms with van der Waals surface area (Å²) in [4.78, 5) is 25.6. The van der Waals surface area contributed by atoms with E-state index in [9.17, 15) is 13.2 Å². The molecule has 3 rings (SSSR count). The predicted octanol–water partition coefficient (Wildman–Crippen LogP) is 2.33. The Morgan fingerprint density at radius 2 is 1.91 bits per heavy atom. The second kappa shape index (κ2) is 10.9. The summed E-state index contributed by atoms with van der Waals surface area (Å²) in [6, 6.07) is 8.75. The van der Waals surface area contributed by atoms with Crippen molar-refractivity contribution in [3.05, 3.63) is 36.0 Å². The van der Waals surface area contributed by atoms with Crippen LogP contribution in [0.25, 0.3) is 11.4 Å². The van der Waals surface area contributed by atoms with Crippen LogP contribution < -0.4 is 15.5 Å². The van der Waals surface area contributed by atoms with Gasteiger partial charge in [-0.1, -0.05) is 0 Å². The molecular formula is C24H36N6O4S. The fourth-order valence-corrected chi connectivity index (χ4v) is 4.03. The van der Waals surface area contributed by atoms with Crippen LogP contribution in [0.5, 0.6) is 0 Å². The summed E-state index contributed by atoms with van der Waals surface area (Å²) in [6.45, 7) is 8.44. The SMILES string of the molecule is C[C@H]1COCCN1c1cc(C(C)(C)S(C)(=O)=O)nc(-c2ccc(NC(=O)NCCN(C)C)cc2)n1. The molecule has 2 N–H and O–H groups in total. The Labute approximate surface area is 208 Å². The van der Waals surface area contributed by atoms with Gasteiger partial charge in [-0.3, -0.25) is 0 Å². The molecule has 0 saturated carbocycles. The molecule has 0 bridgehead atoms. The minimum absolute atomic E-state index is 0.0956. The zero-order valence-corrected chi connectivity index (χ0v) is 22.1. The molecule has 0 unspecified atom stereocenters. The highest BCUT2D eigenvalue weighted by molar-refractivity contribution is 7.91. The van der Waals surface area contributed by atoms with Crippen LogP contribution >= 0.6 is 0 Å². The molecule has 2 amide bonds. The first-order valence-corrected chi connectivity index (χ1v) is 13.5. The molecule has 1 aromatic carbocycles. The second-order valence-corrected chi connectivity index (χ2v) is 12.2. The van der Waals surface area contributed by atoms with Crippen molar-refractivity contribution >= 4 is 27.4 Å². The maximum atomic E-state index is 12.6. The number of sulfone groups is 1. The lowest BCUT2D eigenvalue weighted by atomic mass is 10.1. The van der Waals surface area contributed by atoms with E-state index in [2.05, 4.69) is 20.5 Å². The van der Waals surface area contributed by atoms with E-state index >= 15 is 0 Å². The molecule has 35 heavy (non-hydrogen) atoms. The van der Waals surface area contributed by atoms with E-state index in [0.29, 0.717) is 49.3 Å². The predicted molar refractivity (Wildman–Crippen MR) is 139 cm³/mol. The number of carbonyl (C=O) groups excluding carboxylic acids is 1. The first-order chi connectivity index (χ1) is 16.4. The first kappa shape index (κ1) is 26.8. The highest BCUT2D eigenvalue weighted by atomic mass is 32.2. The Bertz CT molecular complexity index is 1140. The van der Waals surface area contributed by atoms with Gasteiger partial charge >= 0.3 is 6.03 Å². The summed E-state index contributed by atoms with van der Waals surface area (Å²) >= 11 is 0. The standard InChI is InChI=1S/C24H36N6O4S/c1-17-16-34-14-13-30(17)21-15-20(24(2,3)35(6,32)33)27-22(28-21)18-7-9-19(10-8-18)26-23(31)25-11-12-29(4)5/h7-10,15,17H,11-14,16H2,1-6H3,(H2,25,26,31)/t17-/m0/s1. The Balaban J connectivity index is 1.91. The van der Waals surface area contributed by atoms with Crippen molar-refractivity contribution in [1.82, 2.24) is 20.2 Å². The number of ether oxygens (including phenoxy) is 1. The lowest BCUT2D eigenvalue weighted by molar-refractivity contribution is 0.0985. The molecule has 1 aliphatic heterocycles. The molecule has 0 spiro atoms. The number of urea groups is 1. The van der Waals surface area contributed by atoms with Crippen molar-refractivity contribution < 1.29 is 17.9 Å². The van der Waals surface area contributed by atoms with E-state index in [1.165, 1.54) is 6.26 Å². The molecule has 1 fully saturated rings. The number of hydrogen-bond acceptors (Lipinski definition) is 8. The molecule has 2 aromatic rings. The van der Waals surface area contributed by atoms with Crippen molar-refractivity contribution in [3.63, 3.8) is 0 Å². The van der Waals surface area contributed by atoms with Crippen LogP contribution in [0.4, 0.5) is 16.3 Å². The van der Waals surface area contributed by atoms with Crippen molar-refractivity contribution in [2.75, 3.05) is 63.4 Å². The number of aromatic nitrogens is 2. The molecular weight excluding hydrogens is 468 g/mol. The number of likely N-dealkylation sites (N-methyl/N-ethyl adjacent to an activating group) is 1. The van der Waals surface area contributed by atoms with E-state index in [4.69, 9.17) is 9.72 Å². The average Bonchev–Trinajstić information content (AvgIpc) is 2.78. The van der Waals surface area contributed by atoms with E-state index in [0.717, 1.165) is 12.1 Å². The number of benzene rings is 1. The van der Waals surface area contributed by atoms with Gasteiger partial charge in [0, 0.05) is 43.2 Å². The van der Waals surface area contributed by atoms with Crippen molar-refractivity contribution in [1.29, 1.82) is 0 Å². The smallest absolute Gasteiger partial charge is 0.319 e. The first-order valence-electron chi connectivity index (χ1n) is 11.6. The van der Waals surface area contributed by atoms with E-state index in [1.807, 2.05) is 38.1 Å². The third-order valence-electron chi connectivity index (χ3n) is 6.16. The van der Waals surface area contributed by atoms with Gasteiger partial charge in [-0.15, -0.1) is 0 Å². The molecule has 1 atom stereocenters. The zero-order valence-electron chi connectivity index (χ0n) is 21.3. The van der Waals surface area contributed by atoms with Crippen LogP contribution in [0.2, 0.25) is 0 Å². The van der Waals surface area contributed by atoms with Crippen LogP contribution in [0.3, 0.4) is 0 Å². The third kappa shape index (κ3) is 6.68. The van der Waals surface area contributed by atoms with E-state index in [-0.39, 0.29) is 12.1 Å². The summed E-state index contributed by atoms with van der Waals surface area (Å²) in [5.41, 5.74) is 1.78. The largest absolute Gasteiger partial charge is 0.377 e. The lowest BCUT2D eigenvalue weighted by Gasteiger charge is -2.35. The Hall–Kier alpha value is -2.76. The fourth-order valence-electron chi connectivity index (χ4n) is 3.55. The van der Waals surface area contributed by atoms with Gasteiger partial charge < -0.3 is 25.2 Å². The van der Waals surface area contributed by atoms with Crippen LogP contribution in [-0.4, -0.2) is 88.6 Å². The molecule has 192 valence electrons. The molecule has 11 heteroatoms. The Kier molecular flexibility index (Phi) is 8.34. The topological polar surface area (TPSA) is 117 Å². The van der Waals surface area contributed by atoms with Crippen molar-refractivity contribution in [2.45, 2.75) is 31.6 Å². The minimum Gasteiger partial charge on any atom is -0.377 e. The van der Waals surface area contributed by atoms with Crippen LogP contribution in [0.1, 0.15) is 26.5 Å². The van der Waals surface area contributed by atoms with Crippen LogP contribution in [0, 0.1) is 0 Å². The van der Waals surface area contributed by atoms with E-state index in [1.54, 1.807) is 32.0 Å². The van der Waals surface area contributed by atoms with Gasteiger partial charge in [0.2, 0.25) is 0 Å². The van der Waals surface area contributed by atoms with E-state index < -0.39 is 14.6 Å². The van der Waals surface area contributed by atoms with Gasteiger partial charge in [0.15, 0.2) is 15.7 Å². The highest BCUT2D eigenvalue weighted by Gasteiger charge is 2.35. The normalized spacial score (nSPS) is 16.9. The number of amides is 2. The second-order valence-electron chi connectivity index (χ2n) is 9.60. The molecule has 0 radical (unpaired) electrons. The minimum atomic E-state index is -3.44. The number of nitrogens with zero attached hydrogens (tertiary/aromatic N) is 4. The summed E-state index contributed by atoms with van der Waals surface area (Å²) in [7, 11) is 0.444. The maximum Gasteiger partial charge on any atom is 0.319 e. The molecule has 1 saturated heterocycles. The van der Waals surface area contributed by atoms with Gasteiger partial charge in [-0.25, -0.2) is 23.2 Å².